The predicted molar refractivity (Wildman–Crippen MR) is 97.0 cm³/mol. The van der Waals surface area contributed by atoms with Crippen molar-refractivity contribution in [3.05, 3.63) is 69.9 Å². The Kier molecular flexibility index (Phi) is 5.65. The van der Waals surface area contributed by atoms with Crippen LogP contribution < -0.4 is 27.4 Å². The Morgan fingerprint density at radius 1 is 1.08 bits per heavy atom. The van der Waals surface area contributed by atoms with Crippen molar-refractivity contribution in [2.24, 2.45) is 14.1 Å². The molecule has 1 heterocycles. The van der Waals surface area contributed by atoms with Crippen LogP contribution >= 0.6 is 0 Å². The molecule has 0 bridgehead atoms. The molecule has 3 rings (SSSR count). The van der Waals surface area contributed by atoms with Crippen LogP contribution in [-0.2, 0) is 14.1 Å². The van der Waals surface area contributed by atoms with Crippen molar-refractivity contribution < 1.29 is 21.7 Å². The molecular weight excluding hydrogens is 336 g/mol. The van der Waals surface area contributed by atoms with Crippen molar-refractivity contribution in [1.29, 1.82) is 0 Å². The molecule has 0 saturated heterocycles. The summed E-state index contributed by atoms with van der Waals surface area (Å²) >= 11 is 0. The second-order valence-corrected chi connectivity index (χ2v) is 5.85. The van der Waals surface area contributed by atoms with Crippen LogP contribution in [0.2, 0.25) is 0 Å². The van der Waals surface area contributed by atoms with E-state index in [2.05, 4.69) is 6.07 Å². The van der Waals surface area contributed by atoms with E-state index in [9.17, 15) is 4.79 Å². The maximum Gasteiger partial charge on any atom is 0.498 e. The average molecular weight is 357 g/mol. The van der Waals surface area contributed by atoms with E-state index in [0.29, 0.717) is 0 Å². The Labute approximate surface area is 153 Å². The van der Waals surface area contributed by atoms with Gasteiger partial charge in [-0.05, 0) is 30.0 Å². The lowest BCUT2D eigenvalue weighted by molar-refractivity contribution is -0.696. The molecule has 2 aromatic carbocycles. The molecule has 0 atom stereocenters. The van der Waals surface area contributed by atoms with Crippen LogP contribution in [0.15, 0.2) is 47.3 Å². The molecule has 0 radical (unpaired) electrons. The number of nitrogens with zero attached hydrogens (tertiary/aromatic N) is 2. The number of aromatic nitrogens is 2. The Hall–Kier alpha value is -2.59. The van der Waals surface area contributed by atoms with Gasteiger partial charge in [0.1, 0.15) is 17.1 Å². The quantitative estimate of drug-likeness (QED) is 0.612. The highest BCUT2D eigenvalue weighted by atomic mass is 35.5. The molecular formula is C20H21ClN2O2. The van der Waals surface area contributed by atoms with Gasteiger partial charge in [-0.3, -0.25) is 0 Å². The van der Waals surface area contributed by atoms with Gasteiger partial charge in [0.2, 0.25) is 0 Å². The van der Waals surface area contributed by atoms with Gasteiger partial charge >= 0.3 is 5.69 Å². The molecule has 3 aromatic rings. The third kappa shape index (κ3) is 3.44. The first-order chi connectivity index (χ1) is 11.5. The van der Waals surface area contributed by atoms with Crippen molar-refractivity contribution >= 4 is 22.9 Å². The fourth-order valence-electron chi connectivity index (χ4n) is 2.85. The minimum absolute atomic E-state index is 0. The van der Waals surface area contributed by atoms with Gasteiger partial charge in [0.15, 0.2) is 0 Å². The van der Waals surface area contributed by atoms with Crippen molar-refractivity contribution in [3.8, 4) is 5.75 Å². The molecule has 0 aliphatic carbocycles. The molecule has 0 aliphatic rings. The molecule has 0 saturated carbocycles. The van der Waals surface area contributed by atoms with E-state index in [1.54, 1.807) is 30.3 Å². The number of rotatable bonds is 3. The normalized spacial score (nSPS) is 10.9. The standard InChI is InChI=1S/C20H21N2O2.ClH/c1-14-13-16(22(3)20(23)21(14)2)11-9-15-10-12-19(24-4)18-8-6-5-7-17(15)18;/h5-13H,1-4H3;1H/q+1;/p-1/b11-9+;. The maximum atomic E-state index is 12.2. The van der Waals surface area contributed by atoms with Gasteiger partial charge in [-0.25, -0.2) is 0 Å². The Bertz CT molecular complexity index is 1010. The highest BCUT2D eigenvalue weighted by molar-refractivity contribution is 5.96. The molecule has 4 nitrogen and oxygen atoms in total. The maximum absolute atomic E-state index is 12.2. The lowest BCUT2D eigenvalue weighted by Gasteiger charge is -2.08. The minimum atomic E-state index is -0.0331. The van der Waals surface area contributed by atoms with Crippen LogP contribution in [0.25, 0.3) is 22.9 Å². The van der Waals surface area contributed by atoms with Gasteiger partial charge in [-0.1, -0.05) is 36.4 Å². The zero-order valence-corrected chi connectivity index (χ0v) is 15.5. The fraction of sp³-hybridized carbons (Fsp3) is 0.200. The summed E-state index contributed by atoms with van der Waals surface area (Å²) in [5.41, 5.74) is 2.85. The topological polar surface area (TPSA) is 35.1 Å². The molecule has 5 heteroatoms. The Morgan fingerprint density at radius 3 is 2.44 bits per heavy atom. The molecule has 0 N–H and O–H groups in total. The van der Waals surface area contributed by atoms with Crippen LogP contribution in [-0.4, -0.2) is 11.7 Å². The monoisotopic (exact) mass is 356 g/mol. The highest BCUT2D eigenvalue weighted by Gasteiger charge is 2.11. The summed E-state index contributed by atoms with van der Waals surface area (Å²) in [5.74, 6) is 0.859. The number of hydrogen-bond donors (Lipinski definition) is 0. The van der Waals surface area contributed by atoms with Crippen molar-refractivity contribution in [3.63, 3.8) is 0 Å². The first kappa shape index (κ1) is 18.7. The number of hydrogen-bond acceptors (Lipinski definition) is 2. The minimum Gasteiger partial charge on any atom is -1.00 e. The second-order valence-electron chi connectivity index (χ2n) is 5.85. The third-order valence-corrected chi connectivity index (χ3v) is 4.42. The van der Waals surface area contributed by atoms with Gasteiger partial charge in [0.05, 0.1) is 21.2 Å². The number of fused-ring (bicyclic) bond motifs is 1. The average Bonchev–Trinajstić information content (AvgIpc) is 2.61. The zero-order valence-electron chi connectivity index (χ0n) is 14.8. The fourth-order valence-corrected chi connectivity index (χ4v) is 2.85. The molecule has 0 fully saturated rings. The van der Waals surface area contributed by atoms with E-state index >= 15 is 0 Å². The number of methoxy groups -OCH3 is 1. The lowest BCUT2D eigenvalue weighted by atomic mass is 10.0. The Balaban J connectivity index is 0.00000225. The molecule has 25 heavy (non-hydrogen) atoms. The molecule has 130 valence electrons. The van der Waals surface area contributed by atoms with Crippen LogP contribution in [0.4, 0.5) is 0 Å². The van der Waals surface area contributed by atoms with Crippen molar-refractivity contribution in [1.82, 2.24) is 4.57 Å². The summed E-state index contributed by atoms with van der Waals surface area (Å²) in [5, 5.41) is 2.20. The number of aryl methyl sites for hydroxylation is 1. The summed E-state index contributed by atoms with van der Waals surface area (Å²) in [7, 11) is 5.25. The highest BCUT2D eigenvalue weighted by Crippen LogP contribution is 2.29. The van der Waals surface area contributed by atoms with E-state index in [0.717, 1.165) is 33.5 Å². The van der Waals surface area contributed by atoms with Crippen molar-refractivity contribution in [2.45, 2.75) is 6.92 Å². The molecule has 0 amide bonds. The van der Waals surface area contributed by atoms with E-state index in [4.69, 9.17) is 4.74 Å². The number of ether oxygens (including phenoxy) is 1. The van der Waals surface area contributed by atoms with Gasteiger partial charge in [-0.15, -0.1) is 0 Å². The first-order valence-electron chi connectivity index (χ1n) is 7.83. The predicted octanol–water partition coefficient (Wildman–Crippen LogP) is -0.146. The van der Waals surface area contributed by atoms with Gasteiger partial charge < -0.3 is 17.1 Å². The van der Waals surface area contributed by atoms with E-state index in [1.807, 2.05) is 55.5 Å². The largest absolute Gasteiger partial charge is 1.00 e. The van der Waals surface area contributed by atoms with Gasteiger partial charge in [0.25, 0.3) is 0 Å². The van der Waals surface area contributed by atoms with E-state index in [1.165, 1.54) is 0 Å². The number of halogens is 1. The lowest BCUT2D eigenvalue weighted by Crippen LogP contribution is -3.00. The van der Waals surface area contributed by atoms with Gasteiger partial charge in [0, 0.05) is 11.5 Å². The Morgan fingerprint density at radius 2 is 1.76 bits per heavy atom. The van der Waals surface area contributed by atoms with Crippen LogP contribution in [0.5, 0.6) is 5.75 Å². The second kappa shape index (κ2) is 7.53. The summed E-state index contributed by atoms with van der Waals surface area (Å²) < 4.78 is 8.72. The summed E-state index contributed by atoms with van der Waals surface area (Å²) in [6, 6.07) is 14.2. The molecule has 0 spiro atoms. The van der Waals surface area contributed by atoms with E-state index in [-0.39, 0.29) is 18.1 Å². The van der Waals surface area contributed by atoms with Gasteiger partial charge in [-0.2, -0.15) is 13.9 Å². The third-order valence-electron chi connectivity index (χ3n) is 4.42. The summed E-state index contributed by atoms with van der Waals surface area (Å²) in [4.78, 5) is 12.2. The molecule has 0 aliphatic heterocycles. The van der Waals surface area contributed by atoms with Crippen molar-refractivity contribution in [2.75, 3.05) is 7.11 Å². The van der Waals surface area contributed by atoms with Crippen LogP contribution in [0.1, 0.15) is 17.0 Å². The summed E-state index contributed by atoms with van der Waals surface area (Å²) in [6.07, 6.45) is 4.01. The SMILES string of the molecule is COc1ccc(/C=C/c2cc(C)[n+](C)c(=O)n2C)c2ccccc12.[Cl-]. The first-order valence-corrected chi connectivity index (χ1v) is 7.83. The molecule has 0 unspecified atom stereocenters. The number of benzene rings is 2. The smallest absolute Gasteiger partial charge is 0.498 e. The van der Waals surface area contributed by atoms with E-state index < -0.39 is 0 Å². The van der Waals surface area contributed by atoms with Crippen LogP contribution in [0, 0.1) is 6.92 Å². The molecule has 1 aromatic heterocycles. The summed E-state index contributed by atoms with van der Waals surface area (Å²) in [6.45, 7) is 1.93. The zero-order chi connectivity index (χ0) is 17.3. The van der Waals surface area contributed by atoms with Crippen LogP contribution in [0.3, 0.4) is 0 Å².